The molecule has 5 heteroatoms. The molecule has 1 amide bonds. The van der Waals surface area contributed by atoms with Gasteiger partial charge in [-0.1, -0.05) is 56.3 Å². The van der Waals surface area contributed by atoms with Crippen LogP contribution in [0.5, 0.6) is 5.75 Å². The second-order valence-corrected chi connectivity index (χ2v) is 6.25. The van der Waals surface area contributed by atoms with E-state index in [-0.39, 0.29) is 5.92 Å². The largest absolute Gasteiger partial charge is 0.489 e. The Bertz CT molecular complexity index is 769. The van der Waals surface area contributed by atoms with Gasteiger partial charge >= 0.3 is 5.97 Å². The van der Waals surface area contributed by atoms with Gasteiger partial charge in [0.05, 0.1) is 0 Å². The first-order valence-electron chi connectivity index (χ1n) is 8.44. The van der Waals surface area contributed by atoms with Crippen molar-refractivity contribution in [1.82, 2.24) is 5.32 Å². The molecule has 0 aliphatic heterocycles. The van der Waals surface area contributed by atoms with Gasteiger partial charge in [0.25, 0.3) is 0 Å². The number of carboxylic acid groups (broad SMARTS) is 1. The minimum absolute atomic E-state index is 0.195. The van der Waals surface area contributed by atoms with Crippen molar-refractivity contribution >= 4 is 18.0 Å². The Morgan fingerprint density at radius 2 is 1.85 bits per heavy atom. The minimum atomic E-state index is -1.04. The summed E-state index contributed by atoms with van der Waals surface area (Å²) in [7, 11) is 0. The zero-order chi connectivity index (χ0) is 18.9. The molecule has 0 bridgehead atoms. The second-order valence-electron chi connectivity index (χ2n) is 6.25. The maximum absolute atomic E-state index is 11.9. The van der Waals surface area contributed by atoms with Gasteiger partial charge in [0.2, 0.25) is 5.91 Å². The van der Waals surface area contributed by atoms with Gasteiger partial charge in [0.15, 0.2) is 0 Å². The van der Waals surface area contributed by atoms with Crippen molar-refractivity contribution in [2.45, 2.75) is 26.5 Å². The van der Waals surface area contributed by atoms with Crippen molar-refractivity contribution in [3.63, 3.8) is 0 Å². The van der Waals surface area contributed by atoms with E-state index in [4.69, 9.17) is 9.84 Å². The first-order valence-corrected chi connectivity index (χ1v) is 8.44. The van der Waals surface area contributed by atoms with Gasteiger partial charge in [-0.15, -0.1) is 0 Å². The molecule has 0 saturated heterocycles. The Labute approximate surface area is 153 Å². The van der Waals surface area contributed by atoms with Crippen LogP contribution in [-0.4, -0.2) is 23.0 Å². The molecule has 5 nitrogen and oxygen atoms in total. The number of carboxylic acids is 1. The third kappa shape index (κ3) is 6.09. The van der Waals surface area contributed by atoms with E-state index in [0.717, 1.165) is 11.1 Å². The number of nitrogens with one attached hydrogen (secondary N) is 1. The van der Waals surface area contributed by atoms with Crippen LogP contribution in [0.3, 0.4) is 0 Å². The molecule has 0 aliphatic rings. The fraction of sp³-hybridized carbons (Fsp3) is 0.238. The molecule has 0 aromatic heterocycles. The number of ether oxygens (including phenoxy) is 1. The van der Waals surface area contributed by atoms with Crippen molar-refractivity contribution in [3.05, 3.63) is 71.8 Å². The Hall–Kier alpha value is -3.08. The van der Waals surface area contributed by atoms with E-state index in [1.807, 2.05) is 54.6 Å². The van der Waals surface area contributed by atoms with Crippen molar-refractivity contribution in [1.29, 1.82) is 0 Å². The van der Waals surface area contributed by atoms with Gasteiger partial charge in [0, 0.05) is 6.08 Å². The summed E-state index contributed by atoms with van der Waals surface area (Å²) in [5, 5.41) is 11.6. The van der Waals surface area contributed by atoms with Crippen LogP contribution in [0, 0.1) is 5.92 Å². The van der Waals surface area contributed by atoms with Crippen LogP contribution >= 0.6 is 0 Å². The molecule has 0 radical (unpaired) electrons. The summed E-state index contributed by atoms with van der Waals surface area (Å²) in [5.74, 6) is -0.985. The molecule has 0 saturated carbocycles. The lowest BCUT2D eigenvalue weighted by Crippen LogP contribution is -2.43. The molecule has 2 rings (SSSR count). The summed E-state index contributed by atoms with van der Waals surface area (Å²) in [6, 6.07) is 16.3. The lowest BCUT2D eigenvalue weighted by atomic mass is 10.0. The highest BCUT2D eigenvalue weighted by Gasteiger charge is 2.22. The van der Waals surface area contributed by atoms with Crippen LogP contribution in [0.25, 0.3) is 6.08 Å². The Morgan fingerprint density at radius 1 is 1.12 bits per heavy atom. The number of carbonyl (C=O) groups is 2. The second kappa shape index (κ2) is 9.42. The fourth-order valence-corrected chi connectivity index (χ4v) is 2.34. The van der Waals surface area contributed by atoms with Crippen molar-refractivity contribution in [3.8, 4) is 5.75 Å². The molecule has 1 atom stereocenters. The Kier molecular flexibility index (Phi) is 6.97. The molecular formula is C21H23NO4. The van der Waals surface area contributed by atoms with Crippen LogP contribution in [-0.2, 0) is 16.2 Å². The van der Waals surface area contributed by atoms with Gasteiger partial charge in [-0.3, -0.25) is 4.79 Å². The first kappa shape index (κ1) is 19.2. The number of amides is 1. The van der Waals surface area contributed by atoms with E-state index in [1.54, 1.807) is 19.9 Å². The molecule has 136 valence electrons. The Balaban J connectivity index is 1.95. The Morgan fingerprint density at radius 3 is 2.50 bits per heavy atom. The maximum atomic E-state index is 11.9. The van der Waals surface area contributed by atoms with Crippen LogP contribution < -0.4 is 10.1 Å². The molecule has 0 aliphatic carbocycles. The summed E-state index contributed by atoms with van der Waals surface area (Å²) in [4.78, 5) is 23.1. The highest BCUT2D eigenvalue weighted by molar-refractivity contribution is 5.94. The van der Waals surface area contributed by atoms with Crippen molar-refractivity contribution in [2.75, 3.05) is 0 Å². The molecule has 2 aromatic carbocycles. The van der Waals surface area contributed by atoms with Crippen LogP contribution in [0.2, 0.25) is 0 Å². The molecule has 1 unspecified atom stereocenters. The van der Waals surface area contributed by atoms with Gasteiger partial charge in [-0.2, -0.15) is 0 Å². The van der Waals surface area contributed by atoms with Gasteiger partial charge in [-0.05, 0) is 35.3 Å². The maximum Gasteiger partial charge on any atom is 0.326 e. The topological polar surface area (TPSA) is 75.6 Å². The molecule has 2 N–H and O–H groups in total. The molecule has 0 spiro atoms. The summed E-state index contributed by atoms with van der Waals surface area (Å²) in [6.07, 6.45) is 2.96. The summed E-state index contributed by atoms with van der Waals surface area (Å²) in [5.41, 5.74) is 1.86. The van der Waals surface area contributed by atoms with E-state index < -0.39 is 17.9 Å². The first-order chi connectivity index (χ1) is 12.5. The number of carbonyl (C=O) groups excluding carboxylic acids is 1. The van der Waals surface area contributed by atoms with E-state index in [1.165, 1.54) is 6.08 Å². The number of hydrogen-bond donors (Lipinski definition) is 2. The lowest BCUT2D eigenvalue weighted by molar-refractivity contribution is -0.142. The fourth-order valence-electron chi connectivity index (χ4n) is 2.34. The average Bonchev–Trinajstić information content (AvgIpc) is 2.63. The lowest BCUT2D eigenvalue weighted by Gasteiger charge is -2.16. The highest BCUT2D eigenvalue weighted by Crippen LogP contribution is 2.16. The van der Waals surface area contributed by atoms with E-state index in [2.05, 4.69) is 5.32 Å². The quantitative estimate of drug-likeness (QED) is 0.712. The number of rotatable bonds is 8. The molecule has 0 heterocycles. The molecule has 2 aromatic rings. The summed E-state index contributed by atoms with van der Waals surface area (Å²) in [6.45, 7) is 3.95. The monoisotopic (exact) mass is 353 g/mol. The van der Waals surface area contributed by atoms with Gasteiger partial charge < -0.3 is 15.2 Å². The van der Waals surface area contributed by atoms with E-state index >= 15 is 0 Å². The standard InChI is InChI=1S/C21H23NO4/c1-15(2)20(21(24)25)22-19(23)12-11-16-9-6-10-18(13-16)26-14-17-7-4-3-5-8-17/h3-13,15,20H,14H2,1-2H3,(H,22,23)(H,24,25)/b12-11+. The van der Waals surface area contributed by atoms with Crippen molar-refractivity contribution in [2.24, 2.45) is 5.92 Å². The zero-order valence-corrected chi connectivity index (χ0v) is 14.9. The van der Waals surface area contributed by atoms with E-state index in [9.17, 15) is 9.59 Å². The summed E-state index contributed by atoms with van der Waals surface area (Å²) < 4.78 is 5.75. The molecule has 0 fully saturated rings. The van der Waals surface area contributed by atoms with E-state index in [0.29, 0.717) is 12.4 Å². The minimum Gasteiger partial charge on any atom is -0.489 e. The van der Waals surface area contributed by atoms with Crippen LogP contribution in [0.4, 0.5) is 0 Å². The highest BCUT2D eigenvalue weighted by atomic mass is 16.5. The zero-order valence-electron chi connectivity index (χ0n) is 14.9. The van der Waals surface area contributed by atoms with Crippen LogP contribution in [0.1, 0.15) is 25.0 Å². The SMILES string of the molecule is CC(C)C(NC(=O)/C=C/c1cccc(OCc2ccccc2)c1)C(=O)O. The number of hydrogen-bond acceptors (Lipinski definition) is 3. The number of benzene rings is 2. The van der Waals surface area contributed by atoms with Gasteiger partial charge in [0.1, 0.15) is 18.4 Å². The van der Waals surface area contributed by atoms with Crippen molar-refractivity contribution < 1.29 is 19.4 Å². The smallest absolute Gasteiger partial charge is 0.326 e. The average molecular weight is 353 g/mol. The predicted octanol–water partition coefficient (Wildman–Crippen LogP) is 3.50. The predicted molar refractivity (Wildman–Crippen MR) is 101 cm³/mol. The molecular weight excluding hydrogens is 330 g/mol. The van der Waals surface area contributed by atoms with Gasteiger partial charge in [-0.25, -0.2) is 4.79 Å². The van der Waals surface area contributed by atoms with Crippen LogP contribution in [0.15, 0.2) is 60.7 Å². The third-order valence-electron chi connectivity index (χ3n) is 3.76. The summed E-state index contributed by atoms with van der Waals surface area (Å²) >= 11 is 0. The number of aliphatic carboxylic acids is 1. The molecule has 26 heavy (non-hydrogen) atoms. The normalized spacial score (nSPS) is 12.1. The third-order valence-corrected chi connectivity index (χ3v) is 3.76.